The van der Waals surface area contributed by atoms with E-state index in [1.807, 2.05) is 4.90 Å². The van der Waals surface area contributed by atoms with Crippen molar-refractivity contribution in [1.82, 2.24) is 8.01 Å². The highest BCUT2D eigenvalue weighted by Crippen LogP contribution is 2.13. The summed E-state index contributed by atoms with van der Waals surface area (Å²) in [7, 11) is 0. The van der Waals surface area contributed by atoms with Crippen LogP contribution < -0.4 is 0 Å². The van der Waals surface area contributed by atoms with Gasteiger partial charge in [-0.15, -0.1) is 0 Å². The molecular weight excluding hydrogens is 267 g/mol. The number of hydrogen-bond donors (Lipinski definition) is 0. The average molecular weight is 280 g/mol. The van der Waals surface area contributed by atoms with Crippen LogP contribution in [0.25, 0.3) is 0 Å². The van der Waals surface area contributed by atoms with Crippen molar-refractivity contribution in [3.8, 4) is 0 Å². The summed E-state index contributed by atoms with van der Waals surface area (Å²) in [5.41, 5.74) is 0. The van der Waals surface area contributed by atoms with E-state index in [1.54, 1.807) is 0 Å². The molecule has 0 bridgehead atoms. The molecule has 1 heterocycles. The van der Waals surface area contributed by atoms with Gasteiger partial charge >= 0.3 is 0 Å². The number of amides is 1. The molecule has 3 nitrogen and oxygen atoms in total. The third-order valence-corrected chi connectivity index (χ3v) is 3.47. The second kappa shape index (κ2) is 4.23. The van der Waals surface area contributed by atoms with Crippen LogP contribution in [0.15, 0.2) is 12.7 Å². The van der Waals surface area contributed by atoms with E-state index >= 15 is 0 Å². The Morgan fingerprint density at radius 2 is 2.33 bits per heavy atom. The van der Waals surface area contributed by atoms with E-state index in [-0.39, 0.29) is 5.91 Å². The Hall–Kier alpha value is -0.100. The fourth-order valence-electron chi connectivity index (χ4n) is 1.26. The topological polar surface area (TPSA) is 23.6 Å². The number of carbonyl (C=O) groups is 1. The second-order valence-electron chi connectivity index (χ2n) is 2.96. The van der Waals surface area contributed by atoms with E-state index in [0.29, 0.717) is 6.04 Å². The van der Waals surface area contributed by atoms with Crippen LogP contribution >= 0.6 is 22.9 Å². The maximum absolute atomic E-state index is 11.2. The standard InChI is InChI=1S/C8H13IN2O/c1-3-8(12)10-4-5-11(9)7(2)6-10/h3,7H,1,4-6H2,2H3/t7-/m1/s1. The number of hydrogen-bond acceptors (Lipinski definition) is 2. The largest absolute Gasteiger partial charge is 0.336 e. The van der Waals surface area contributed by atoms with Crippen LogP contribution in [0.2, 0.25) is 0 Å². The zero-order valence-corrected chi connectivity index (χ0v) is 9.32. The van der Waals surface area contributed by atoms with Gasteiger partial charge in [0.2, 0.25) is 5.91 Å². The molecule has 0 aromatic carbocycles. The van der Waals surface area contributed by atoms with Crippen LogP contribution in [-0.2, 0) is 4.79 Å². The van der Waals surface area contributed by atoms with Crippen molar-refractivity contribution in [3.05, 3.63) is 12.7 Å². The van der Waals surface area contributed by atoms with Gasteiger partial charge in [0.25, 0.3) is 0 Å². The maximum atomic E-state index is 11.2. The molecule has 0 N–H and O–H groups in total. The molecule has 0 radical (unpaired) electrons. The Morgan fingerprint density at radius 3 is 2.83 bits per heavy atom. The minimum Gasteiger partial charge on any atom is -0.336 e. The predicted molar refractivity (Wildman–Crippen MR) is 57.0 cm³/mol. The van der Waals surface area contributed by atoms with Crippen molar-refractivity contribution in [3.63, 3.8) is 0 Å². The van der Waals surface area contributed by atoms with Gasteiger partial charge in [0, 0.05) is 48.5 Å². The lowest BCUT2D eigenvalue weighted by Crippen LogP contribution is -2.49. The molecule has 1 aliphatic heterocycles. The van der Waals surface area contributed by atoms with E-state index in [0.717, 1.165) is 19.6 Å². The van der Waals surface area contributed by atoms with Crippen molar-refractivity contribution in [1.29, 1.82) is 0 Å². The molecule has 1 saturated heterocycles. The Balaban J connectivity index is 2.50. The molecular formula is C8H13IN2O. The summed E-state index contributed by atoms with van der Waals surface area (Å²) in [4.78, 5) is 13.0. The first-order valence-corrected chi connectivity index (χ1v) is 4.95. The predicted octanol–water partition coefficient (Wildman–Crippen LogP) is 1.06. The minimum absolute atomic E-state index is 0.0475. The van der Waals surface area contributed by atoms with Gasteiger partial charge in [0.15, 0.2) is 0 Å². The fourth-order valence-corrected chi connectivity index (χ4v) is 1.66. The van der Waals surface area contributed by atoms with Crippen molar-refractivity contribution in [2.45, 2.75) is 13.0 Å². The summed E-state index contributed by atoms with van der Waals surface area (Å²) in [6.07, 6.45) is 1.38. The molecule has 1 fully saturated rings. The Labute approximate surface area is 86.9 Å². The van der Waals surface area contributed by atoms with Crippen LogP contribution in [0.4, 0.5) is 0 Å². The first-order chi connectivity index (χ1) is 5.65. The van der Waals surface area contributed by atoms with Gasteiger partial charge in [-0.1, -0.05) is 6.58 Å². The number of carbonyl (C=O) groups excluding carboxylic acids is 1. The van der Waals surface area contributed by atoms with E-state index in [2.05, 4.69) is 39.5 Å². The third kappa shape index (κ3) is 2.20. The number of piperazine rings is 1. The summed E-state index contributed by atoms with van der Waals surface area (Å²) in [6, 6.07) is 0.447. The molecule has 0 aromatic rings. The van der Waals surface area contributed by atoms with Crippen LogP contribution in [0.5, 0.6) is 0 Å². The van der Waals surface area contributed by atoms with E-state index in [1.165, 1.54) is 6.08 Å². The molecule has 68 valence electrons. The molecule has 0 aromatic heterocycles. The summed E-state index contributed by atoms with van der Waals surface area (Å²) < 4.78 is 2.23. The van der Waals surface area contributed by atoms with Gasteiger partial charge in [0.1, 0.15) is 0 Å². The van der Waals surface area contributed by atoms with Gasteiger partial charge in [-0.2, -0.15) is 0 Å². The molecule has 0 spiro atoms. The zero-order valence-electron chi connectivity index (χ0n) is 7.16. The van der Waals surface area contributed by atoms with Gasteiger partial charge in [0.05, 0.1) is 0 Å². The summed E-state index contributed by atoms with van der Waals surface area (Å²) >= 11 is 2.30. The van der Waals surface area contributed by atoms with Crippen molar-refractivity contribution >= 4 is 28.8 Å². The normalized spacial score (nSPS) is 25.5. The van der Waals surface area contributed by atoms with Crippen molar-refractivity contribution in [2.75, 3.05) is 19.6 Å². The summed E-state index contributed by atoms with van der Waals surface area (Å²) in [5.74, 6) is 0.0475. The Bertz CT molecular complexity index is 195. The summed E-state index contributed by atoms with van der Waals surface area (Å²) in [5, 5.41) is 0. The Morgan fingerprint density at radius 1 is 1.67 bits per heavy atom. The highest BCUT2D eigenvalue weighted by Gasteiger charge is 2.23. The monoisotopic (exact) mass is 280 g/mol. The van der Waals surface area contributed by atoms with E-state index in [9.17, 15) is 4.79 Å². The highest BCUT2D eigenvalue weighted by atomic mass is 127. The zero-order chi connectivity index (χ0) is 9.14. The quantitative estimate of drug-likeness (QED) is 0.407. The van der Waals surface area contributed by atoms with E-state index < -0.39 is 0 Å². The third-order valence-electron chi connectivity index (χ3n) is 2.03. The lowest BCUT2D eigenvalue weighted by molar-refractivity contribution is -0.127. The van der Waals surface area contributed by atoms with Gasteiger partial charge in [-0.05, 0) is 13.0 Å². The second-order valence-corrected chi connectivity index (χ2v) is 4.20. The van der Waals surface area contributed by atoms with Crippen LogP contribution in [0, 0.1) is 0 Å². The highest BCUT2D eigenvalue weighted by molar-refractivity contribution is 14.1. The molecule has 1 atom stereocenters. The maximum Gasteiger partial charge on any atom is 0.246 e. The van der Waals surface area contributed by atoms with Gasteiger partial charge in [-0.3, -0.25) is 4.79 Å². The molecule has 0 aliphatic carbocycles. The summed E-state index contributed by atoms with van der Waals surface area (Å²) in [6.45, 7) is 8.17. The molecule has 0 unspecified atom stereocenters. The molecule has 1 rings (SSSR count). The van der Waals surface area contributed by atoms with E-state index in [4.69, 9.17) is 0 Å². The minimum atomic E-state index is 0.0475. The molecule has 0 saturated carbocycles. The SMILES string of the molecule is C=CC(=O)N1CCN(I)[C@H](C)C1. The number of nitrogens with zero attached hydrogens (tertiary/aromatic N) is 2. The lowest BCUT2D eigenvalue weighted by atomic mass is 10.2. The smallest absolute Gasteiger partial charge is 0.246 e. The van der Waals surface area contributed by atoms with Gasteiger partial charge in [-0.25, -0.2) is 3.11 Å². The fraction of sp³-hybridized carbons (Fsp3) is 0.625. The first kappa shape index (κ1) is 9.98. The first-order valence-electron chi connectivity index (χ1n) is 3.99. The number of rotatable bonds is 1. The van der Waals surface area contributed by atoms with Crippen LogP contribution in [-0.4, -0.2) is 39.6 Å². The number of halogens is 1. The lowest BCUT2D eigenvalue weighted by Gasteiger charge is -2.35. The molecule has 1 aliphatic rings. The van der Waals surface area contributed by atoms with Crippen molar-refractivity contribution < 1.29 is 4.79 Å². The molecule has 1 amide bonds. The van der Waals surface area contributed by atoms with Crippen LogP contribution in [0.1, 0.15) is 6.92 Å². The average Bonchev–Trinajstić information content (AvgIpc) is 2.08. The van der Waals surface area contributed by atoms with Crippen molar-refractivity contribution in [2.24, 2.45) is 0 Å². The van der Waals surface area contributed by atoms with Gasteiger partial charge < -0.3 is 4.90 Å². The Kier molecular flexibility index (Phi) is 3.52. The molecule has 4 heteroatoms. The van der Waals surface area contributed by atoms with Crippen LogP contribution in [0.3, 0.4) is 0 Å². The molecule has 12 heavy (non-hydrogen) atoms.